The van der Waals surface area contributed by atoms with Crippen molar-refractivity contribution in [1.82, 2.24) is 24.0 Å². The van der Waals surface area contributed by atoms with E-state index in [9.17, 15) is 4.79 Å². The van der Waals surface area contributed by atoms with Crippen LogP contribution in [0.5, 0.6) is 0 Å². The van der Waals surface area contributed by atoms with Gasteiger partial charge in [-0.1, -0.05) is 0 Å². The summed E-state index contributed by atoms with van der Waals surface area (Å²) in [6.07, 6.45) is 5.72. The normalized spacial score (nSPS) is 11.8. The third kappa shape index (κ3) is 1.82. The number of nitrogens with zero attached hydrogens (tertiary/aromatic N) is 5. The maximum Gasteiger partial charge on any atom is 0.276 e. The summed E-state index contributed by atoms with van der Waals surface area (Å²) in [5, 5.41) is 10.3. The Morgan fingerprint density at radius 1 is 1.32 bits per heavy atom. The highest BCUT2D eigenvalue weighted by molar-refractivity contribution is 7.18. The molecule has 0 aliphatic rings. The van der Waals surface area contributed by atoms with Crippen molar-refractivity contribution in [3.05, 3.63) is 51.3 Å². The Morgan fingerprint density at radius 2 is 2.14 bits per heavy atom. The van der Waals surface area contributed by atoms with Gasteiger partial charge in [0.25, 0.3) is 5.56 Å². The van der Waals surface area contributed by atoms with Gasteiger partial charge in [0.05, 0.1) is 23.8 Å². The van der Waals surface area contributed by atoms with Gasteiger partial charge >= 0.3 is 0 Å². The molecule has 0 aromatic carbocycles. The Kier molecular flexibility index (Phi) is 2.74. The summed E-state index contributed by atoms with van der Waals surface area (Å²) in [5.74, 6) is 0. The first-order chi connectivity index (χ1) is 10.5. The summed E-state index contributed by atoms with van der Waals surface area (Å²) < 4.78 is 5.29. The Labute approximate surface area is 130 Å². The molecule has 0 radical (unpaired) electrons. The number of thiazole rings is 1. The van der Waals surface area contributed by atoms with E-state index in [0.29, 0.717) is 6.54 Å². The molecule has 112 valence electrons. The van der Waals surface area contributed by atoms with E-state index in [1.54, 1.807) is 22.2 Å². The third-order valence-electron chi connectivity index (χ3n) is 3.87. The molecule has 4 heterocycles. The molecule has 4 aromatic heterocycles. The van der Waals surface area contributed by atoms with Gasteiger partial charge in [-0.2, -0.15) is 10.2 Å². The molecule has 0 atom stereocenters. The van der Waals surface area contributed by atoms with Crippen molar-refractivity contribution in [2.45, 2.75) is 20.4 Å². The lowest BCUT2D eigenvalue weighted by Crippen LogP contribution is -2.23. The minimum atomic E-state index is -0.0609. The van der Waals surface area contributed by atoms with Gasteiger partial charge in [-0.05, 0) is 19.9 Å². The van der Waals surface area contributed by atoms with E-state index < -0.39 is 0 Å². The Hall–Kier alpha value is -2.41. The largest absolute Gasteiger partial charge is 0.310 e. The molecule has 0 amide bonds. The number of rotatable bonds is 2. The monoisotopic (exact) mass is 313 g/mol. The lowest BCUT2D eigenvalue weighted by Gasteiger charge is -2.02. The van der Waals surface area contributed by atoms with Crippen LogP contribution in [0.3, 0.4) is 0 Å². The number of hydrogen-bond acceptors (Lipinski definition) is 4. The van der Waals surface area contributed by atoms with E-state index in [2.05, 4.69) is 27.7 Å². The van der Waals surface area contributed by atoms with Gasteiger partial charge in [0, 0.05) is 35.4 Å². The van der Waals surface area contributed by atoms with Crippen LogP contribution in [0.25, 0.3) is 15.6 Å². The van der Waals surface area contributed by atoms with Crippen molar-refractivity contribution in [3.8, 4) is 0 Å². The van der Waals surface area contributed by atoms with E-state index >= 15 is 0 Å². The lowest BCUT2D eigenvalue weighted by molar-refractivity contribution is 0.621. The van der Waals surface area contributed by atoms with Gasteiger partial charge in [-0.3, -0.25) is 9.48 Å². The van der Waals surface area contributed by atoms with Crippen molar-refractivity contribution in [2.24, 2.45) is 7.05 Å². The standard InChI is InChI=1S/C15H15N5OS/c1-9-7-19-10(2)13-12(15(19)22-9)6-16-20(14(13)21)8-11-4-5-18(3)17-11/h4-7H,8H2,1-3H3. The molecule has 0 saturated heterocycles. The van der Waals surface area contributed by atoms with Crippen LogP contribution < -0.4 is 5.56 Å². The van der Waals surface area contributed by atoms with Crippen LogP contribution in [0.15, 0.2) is 29.5 Å². The zero-order valence-electron chi connectivity index (χ0n) is 12.6. The van der Waals surface area contributed by atoms with E-state index in [4.69, 9.17) is 0 Å². The Bertz CT molecular complexity index is 1070. The summed E-state index contributed by atoms with van der Waals surface area (Å²) in [4.78, 5) is 15.1. The molecule has 4 aromatic rings. The first kappa shape index (κ1) is 13.3. The summed E-state index contributed by atoms with van der Waals surface area (Å²) in [6, 6.07) is 1.90. The molecule has 22 heavy (non-hydrogen) atoms. The molecule has 4 rings (SSSR count). The predicted octanol–water partition coefficient (Wildman–Crippen LogP) is 2.11. The van der Waals surface area contributed by atoms with Crippen molar-refractivity contribution in [3.63, 3.8) is 0 Å². The van der Waals surface area contributed by atoms with Gasteiger partial charge in [0.1, 0.15) is 4.83 Å². The van der Waals surface area contributed by atoms with Crippen LogP contribution in [0.2, 0.25) is 0 Å². The highest BCUT2D eigenvalue weighted by Gasteiger charge is 2.16. The molecule has 7 heteroatoms. The Morgan fingerprint density at radius 3 is 2.86 bits per heavy atom. The summed E-state index contributed by atoms with van der Waals surface area (Å²) in [5.41, 5.74) is 1.73. The lowest BCUT2D eigenvalue weighted by atomic mass is 10.2. The van der Waals surface area contributed by atoms with E-state index in [-0.39, 0.29) is 5.56 Å². The molecule has 0 spiro atoms. The highest BCUT2D eigenvalue weighted by atomic mass is 32.1. The van der Waals surface area contributed by atoms with Crippen LogP contribution >= 0.6 is 11.3 Å². The van der Waals surface area contributed by atoms with Gasteiger partial charge in [-0.15, -0.1) is 11.3 Å². The fourth-order valence-electron chi connectivity index (χ4n) is 2.84. The molecule has 0 aliphatic carbocycles. The van der Waals surface area contributed by atoms with Gasteiger partial charge in [-0.25, -0.2) is 4.68 Å². The molecule has 0 saturated carbocycles. The zero-order valence-corrected chi connectivity index (χ0v) is 13.4. The molecule has 0 fully saturated rings. The van der Waals surface area contributed by atoms with Crippen molar-refractivity contribution >= 4 is 26.9 Å². The van der Waals surface area contributed by atoms with Crippen molar-refractivity contribution in [2.75, 3.05) is 0 Å². The molecule has 6 nitrogen and oxygen atoms in total. The maximum atomic E-state index is 12.8. The summed E-state index contributed by atoms with van der Waals surface area (Å²) in [7, 11) is 1.86. The van der Waals surface area contributed by atoms with E-state index in [1.165, 1.54) is 9.56 Å². The van der Waals surface area contributed by atoms with Crippen molar-refractivity contribution in [1.29, 1.82) is 0 Å². The molecular formula is C15H15N5OS. The molecule has 0 unspecified atom stereocenters. The average molecular weight is 313 g/mol. The van der Waals surface area contributed by atoms with Crippen LogP contribution in [0, 0.1) is 13.8 Å². The van der Waals surface area contributed by atoms with Crippen molar-refractivity contribution < 1.29 is 0 Å². The molecule has 0 N–H and O–H groups in total. The Balaban J connectivity index is 1.93. The number of fused-ring (bicyclic) bond motifs is 3. The highest BCUT2D eigenvalue weighted by Crippen LogP contribution is 2.29. The number of aromatic nitrogens is 5. The first-order valence-corrected chi connectivity index (χ1v) is 7.81. The fourth-order valence-corrected chi connectivity index (χ4v) is 3.85. The molecule has 0 bridgehead atoms. The third-order valence-corrected chi connectivity index (χ3v) is 4.90. The quantitative estimate of drug-likeness (QED) is 0.569. The SMILES string of the molecule is Cc1cn2c(C)c3c(=O)n(Cc4ccn(C)n4)ncc3c2s1. The second-order valence-electron chi connectivity index (χ2n) is 5.48. The number of aryl methyl sites for hydroxylation is 3. The van der Waals surface area contributed by atoms with E-state index in [0.717, 1.165) is 27.0 Å². The second kappa shape index (κ2) is 4.54. The summed E-state index contributed by atoms with van der Waals surface area (Å²) >= 11 is 1.68. The second-order valence-corrected chi connectivity index (χ2v) is 6.71. The van der Waals surface area contributed by atoms with Crippen LogP contribution in [-0.4, -0.2) is 24.0 Å². The van der Waals surface area contributed by atoms with E-state index in [1.807, 2.05) is 26.2 Å². The topological polar surface area (TPSA) is 57.1 Å². The average Bonchev–Trinajstić information content (AvgIpc) is 3.11. The maximum absolute atomic E-state index is 12.8. The fraction of sp³-hybridized carbons (Fsp3) is 0.267. The van der Waals surface area contributed by atoms with Gasteiger partial charge < -0.3 is 4.40 Å². The van der Waals surface area contributed by atoms with Crippen LogP contribution in [-0.2, 0) is 13.6 Å². The minimum absolute atomic E-state index is 0.0609. The predicted molar refractivity (Wildman–Crippen MR) is 86.6 cm³/mol. The van der Waals surface area contributed by atoms with Crippen LogP contribution in [0.4, 0.5) is 0 Å². The van der Waals surface area contributed by atoms with Gasteiger partial charge in [0.15, 0.2) is 0 Å². The minimum Gasteiger partial charge on any atom is -0.310 e. The smallest absolute Gasteiger partial charge is 0.276 e. The zero-order chi connectivity index (χ0) is 15.4. The first-order valence-electron chi connectivity index (χ1n) is 7.00. The molecular weight excluding hydrogens is 298 g/mol. The number of hydrogen-bond donors (Lipinski definition) is 0. The van der Waals surface area contributed by atoms with Crippen LogP contribution in [0.1, 0.15) is 16.3 Å². The summed E-state index contributed by atoms with van der Waals surface area (Å²) in [6.45, 7) is 4.43. The molecule has 0 aliphatic heterocycles. The van der Waals surface area contributed by atoms with Gasteiger partial charge in [0.2, 0.25) is 0 Å².